The molecule has 0 aliphatic rings. The van der Waals surface area contributed by atoms with Crippen LogP contribution in [0.5, 0.6) is 5.75 Å². The van der Waals surface area contributed by atoms with Gasteiger partial charge in [0.15, 0.2) is 0 Å². The summed E-state index contributed by atoms with van der Waals surface area (Å²) < 4.78 is 5.95. The Balaban J connectivity index is 2.20. The molecule has 2 heterocycles. The molecule has 0 amide bonds. The Morgan fingerprint density at radius 3 is 3.00 bits per heavy atom. The lowest BCUT2D eigenvalue weighted by Gasteiger charge is -2.08. The third kappa shape index (κ3) is 3.05. The van der Waals surface area contributed by atoms with Crippen LogP contribution < -0.4 is 5.56 Å². The van der Waals surface area contributed by atoms with Crippen molar-refractivity contribution in [1.82, 2.24) is 14.5 Å². The smallest absolute Gasteiger partial charge is 0.310 e. The van der Waals surface area contributed by atoms with E-state index in [9.17, 15) is 14.7 Å². The molecule has 0 radical (unpaired) electrons. The summed E-state index contributed by atoms with van der Waals surface area (Å²) in [6, 6.07) is 1.40. The van der Waals surface area contributed by atoms with Crippen LogP contribution in [0.1, 0.15) is 11.3 Å². The molecule has 0 aromatic carbocycles. The highest BCUT2D eigenvalue weighted by molar-refractivity contribution is 5.73. The quantitative estimate of drug-likeness (QED) is 0.763. The first-order chi connectivity index (χ1) is 9.61. The highest BCUT2D eigenvalue weighted by atomic mass is 16.5. The second kappa shape index (κ2) is 6.05. The number of methoxy groups -OCH3 is 1. The molecule has 0 unspecified atom stereocenters. The van der Waals surface area contributed by atoms with Crippen molar-refractivity contribution < 1.29 is 14.6 Å². The zero-order chi connectivity index (χ0) is 14.5. The molecule has 0 atom stereocenters. The highest BCUT2D eigenvalue weighted by Gasteiger charge is 2.14. The Morgan fingerprint density at radius 2 is 2.35 bits per heavy atom. The zero-order valence-corrected chi connectivity index (χ0v) is 11.0. The molecule has 0 aliphatic heterocycles. The minimum atomic E-state index is -0.566. The van der Waals surface area contributed by atoms with Gasteiger partial charge in [-0.2, -0.15) is 0 Å². The predicted molar refractivity (Wildman–Crippen MR) is 70.4 cm³/mol. The molecule has 7 nitrogen and oxygen atoms in total. The van der Waals surface area contributed by atoms with Gasteiger partial charge in [0.1, 0.15) is 5.75 Å². The van der Waals surface area contributed by atoms with Crippen molar-refractivity contribution in [3.8, 4) is 5.75 Å². The predicted octanol–water partition coefficient (Wildman–Crippen LogP) is 0.235. The van der Waals surface area contributed by atoms with Gasteiger partial charge >= 0.3 is 5.97 Å². The van der Waals surface area contributed by atoms with E-state index in [1.54, 1.807) is 12.5 Å². The molecule has 20 heavy (non-hydrogen) atoms. The van der Waals surface area contributed by atoms with Crippen LogP contribution in [0.3, 0.4) is 0 Å². The number of carbonyl (C=O) groups excluding carboxylic acids is 1. The lowest BCUT2D eigenvalue weighted by molar-refractivity contribution is -0.139. The number of imidazole rings is 1. The number of nitrogens with zero attached hydrogens (tertiary/aromatic N) is 2. The second-order valence-corrected chi connectivity index (χ2v) is 4.26. The summed E-state index contributed by atoms with van der Waals surface area (Å²) in [7, 11) is 1.24. The average molecular weight is 277 g/mol. The van der Waals surface area contributed by atoms with E-state index >= 15 is 0 Å². The minimum absolute atomic E-state index is 0.0453. The summed E-state index contributed by atoms with van der Waals surface area (Å²) in [5.74, 6) is -0.762. The fraction of sp³-hybridized carbons (Fsp3) is 0.308. The molecule has 2 aromatic rings. The number of aromatic nitrogens is 3. The maximum atomic E-state index is 12.2. The third-order valence-corrected chi connectivity index (χ3v) is 2.97. The molecular formula is C13H15N3O4. The van der Waals surface area contributed by atoms with Crippen LogP contribution >= 0.6 is 0 Å². The van der Waals surface area contributed by atoms with Gasteiger partial charge in [-0.05, 0) is 6.07 Å². The molecule has 0 saturated carbocycles. The highest BCUT2D eigenvalue weighted by Crippen LogP contribution is 2.12. The van der Waals surface area contributed by atoms with Gasteiger partial charge in [0.25, 0.3) is 5.56 Å². The number of aryl methyl sites for hydroxylation is 2. The van der Waals surface area contributed by atoms with E-state index in [0.29, 0.717) is 13.0 Å². The number of rotatable bonds is 5. The van der Waals surface area contributed by atoms with E-state index < -0.39 is 11.5 Å². The number of esters is 1. The number of hydrogen-bond acceptors (Lipinski definition) is 5. The van der Waals surface area contributed by atoms with E-state index in [-0.39, 0.29) is 17.7 Å². The van der Waals surface area contributed by atoms with Crippen LogP contribution in [-0.4, -0.2) is 32.7 Å². The monoisotopic (exact) mass is 277 g/mol. The molecule has 0 aliphatic carbocycles. The topological polar surface area (TPSA) is 97.2 Å². The number of ether oxygens (including phenoxy) is 1. The van der Waals surface area contributed by atoms with E-state index in [4.69, 9.17) is 0 Å². The molecule has 106 valence electrons. The Labute approximate surface area is 114 Å². The normalized spacial score (nSPS) is 10.4. The van der Waals surface area contributed by atoms with E-state index in [2.05, 4.69) is 14.7 Å². The first-order valence-electron chi connectivity index (χ1n) is 6.07. The van der Waals surface area contributed by atoms with Crippen LogP contribution in [0.2, 0.25) is 0 Å². The zero-order valence-electron chi connectivity index (χ0n) is 11.0. The number of aromatic amines is 1. The number of aromatic hydroxyl groups is 1. The van der Waals surface area contributed by atoms with Crippen molar-refractivity contribution in [1.29, 1.82) is 0 Å². The van der Waals surface area contributed by atoms with Crippen molar-refractivity contribution in [3.63, 3.8) is 0 Å². The van der Waals surface area contributed by atoms with E-state index in [1.807, 2.05) is 0 Å². The summed E-state index contributed by atoms with van der Waals surface area (Å²) in [6.07, 6.45) is 5.10. The Hall–Kier alpha value is -2.57. The van der Waals surface area contributed by atoms with E-state index in [1.165, 1.54) is 23.9 Å². The van der Waals surface area contributed by atoms with Gasteiger partial charge in [0.2, 0.25) is 0 Å². The largest absolute Gasteiger partial charge is 0.507 e. The van der Waals surface area contributed by atoms with Crippen LogP contribution in [0, 0.1) is 0 Å². The number of H-pyrrole nitrogens is 1. The first kappa shape index (κ1) is 13.9. The molecule has 0 bridgehead atoms. The van der Waals surface area contributed by atoms with Gasteiger partial charge in [-0.3, -0.25) is 9.59 Å². The van der Waals surface area contributed by atoms with Gasteiger partial charge in [0.05, 0.1) is 25.4 Å². The summed E-state index contributed by atoms with van der Waals surface area (Å²) in [6.45, 7) is 0.426. The second-order valence-electron chi connectivity index (χ2n) is 4.26. The fourth-order valence-corrected chi connectivity index (χ4v) is 1.83. The van der Waals surface area contributed by atoms with Gasteiger partial charge in [-0.15, -0.1) is 0 Å². The summed E-state index contributed by atoms with van der Waals surface area (Å²) in [5.41, 5.74) is 0.554. The van der Waals surface area contributed by atoms with Crippen molar-refractivity contribution in [2.75, 3.05) is 7.11 Å². The standard InChI is InChI=1S/C13H15N3O4/c1-20-12(18)6-10-11(17)3-5-16(13(10)19)4-2-9-7-14-8-15-9/h3,5,7-8,17H,2,4,6H2,1H3,(H,14,15). The van der Waals surface area contributed by atoms with E-state index in [0.717, 1.165) is 5.69 Å². The van der Waals surface area contributed by atoms with Crippen LogP contribution in [-0.2, 0) is 28.9 Å². The lowest BCUT2D eigenvalue weighted by atomic mass is 10.2. The van der Waals surface area contributed by atoms with Gasteiger partial charge in [-0.25, -0.2) is 4.98 Å². The minimum Gasteiger partial charge on any atom is -0.507 e. The summed E-state index contributed by atoms with van der Waals surface area (Å²) in [5, 5.41) is 9.68. The van der Waals surface area contributed by atoms with Gasteiger partial charge < -0.3 is 19.4 Å². The molecule has 2 rings (SSSR count). The van der Waals surface area contributed by atoms with Crippen LogP contribution in [0.4, 0.5) is 0 Å². The first-order valence-corrected chi connectivity index (χ1v) is 6.07. The SMILES string of the molecule is COC(=O)Cc1c(O)ccn(CCc2cnc[nH]2)c1=O. The van der Waals surface area contributed by atoms with Crippen molar-refractivity contribution in [2.45, 2.75) is 19.4 Å². The summed E-state index contributed by atoms with van der Waals surface area (Å²) >= 11 is 0. The lowest BCUT2D eigenvalue weighted by Crippen LogP contribution is -2.26. The number of nitrogens with one attached hydrogen (secondary N) is 1. The Kier molecular flexibility index (Phi) is 4.19. The summed E-state index contributed by atoms with van der Waals surface area (Å²) in [4.78, 5) is 30.3. The number of carbonyl (C=O) groups is 1. The molecule has 2 aromatic heterocycles. The molecule has 0 fully saturated rings. The van der Waals surface area contributed by atoms with Crippen molar-refractivity contribution in [3.05, 3.63) is 46.4 Å². The molecule has 0 spiro atoms. The van der Waals surface area contributed by atoms with Crippen molar-refractivity contribution >= 4 is 5.97 Å². The molecule has 2 N–H and O–H groups in total. The third-order valence-electron chi connectivity index (χ3n) is 2.97. The Morgan fingerprint density at radius 1 is 1.55 bits per heavy atom. The maximum Gasteiger partial charge on any atom is 0.310 e. The number of hydrogen-bond donors (Lipinski definition) is 2. The van der Waals surface area contributed by atoms with Gasteiger partial charge in [0, 0.05) is 31.1 Å². The van der Waals surface area contributed by atoms with Crippen LogP contribution in [0.15, 0.2) is 29.6 Å². The number of pyridine rings is 1. The molecule has 7 heteroatoms. The Bertz CT molecular complexity index is 646. The molecule has 0 saturated heterocycles. The maximum absolute atomic E-state index is 12.2. The fourth-order valence-electron chi connectivity index (χ4n) is 1.83. The van der Waals surface area contributed by atoms with Crippen LogP contribution in [0.25, 0.3) is 0 Å². The van der Waals surface area contributed by atoms with Crippen molar-refractivity contribution in [2.24, 2.45) is 0 Å². The van der Waals surface area contributed by atoms with Gasteiger partial charge in [-0.1, -0.05) is 0 Å². The molecular weight excluding hydrogens is 262 g/mol. The average Bonchev–Trinajstić information content (AvgIpc) is 2.95.